The number of aliphatic hydroxyl groups excluding tert-OH is 1. The average Bonchev–Trinajstić information content (AvgIpc) is 2.19. The smallest absolute Gasteiger partial charge is 0.128 e. The van der Waals surface area contributed by atoms with Crippen molar-refractivity contribution in [2.45, 2.75) is 32.4 Å². The number of nitrogens with two attached hydrogens (primary N) is 1. The second-order valence-corrected chi connectivity index (χ2v) is 4.39. The molecule has 0 unspecified atom stereocenters. The summed E-state index contributed by atoms with van der Waals surface area (Å²) in [5.41, 5.74) is 5.72. The minimum Gasteiger partial charge on any atom is -0.391 e. The Hall–Kier alpha value is -0.710. The zero-order valence-corrected chi connectivity index (χ0v) is 10.7. The van der Waals surface area contributed by atoms with Gasteiger partial charge in [-0.25, -0.2) is 8.78 Å². The molecule has 0 bridgehead atoms. The molecular weight excluding hydrogens is 248 g/mol. The largest absolute Gasteiger partial charge is 0.391 e. The molecule has 0 aliphatic carbocycles. The molecule has 0 fully saturated rings. The topological polar surface area (TPSA) is 46.2 Å². The summed E-state index contributed by atoms with van der Waals surface area (Å²) in [6.07, 6.45) is -0.409. The maximum atomic E-state index is 13.4. The fourth-order valence-corrected chi connectivity index (χ4v) is 1.61. The molecule has 0 radical (unpaired) electrons. The van der Waals surface area contributed by atoms with Gasteiger partial charge in [0, 0.05) is 5.56 Å². The molecule has 2 nitrogen and oxygen atoms in total. The number of aliphatic hydroxyl groups is 1. The molecular formula is C12H18ClF2NO. The molecule has 1 rings (SSSR count). The SMILES string of the molecule is CC(C)C[C@H](O)[C@H](N)c1cc(F)ccc1F.Cl. The van der Waals surface area contributed by atoms with Gasteiger partial charge in [-0.1, -0.05) is 13.8 Å². The predicted molar refractivity (Wildman–Crippen MR) is 66.0 cm³/mol. The number of hydrogen-bond donors (Lipinski definition) is 2. The van der Waals surface area contributed by atoms with Crippen LogP contribution in [0.3, 0.4) is 0 Å². The van der Waals surface area contributed by atoms with Crippen LogP contribution in [-0.4, -0.2) is 11.2 Å². The molecule has 1 aromatic carbocycles. The lowest BCUT2D eigenvalue weighted by molar-refractivity contribution is 0.119. The van der Waals surface area contributed by atoms with Crippen molar-refractivity contribution in [3.05, 3.63) is 35.4 Å². The lowest BCUT2D eigenvalue weighted by Crippen LogP contribution is -2.28. The molecule has 0 aliphatic rings. The van der Waals surface area contributed by atoms with Crippen LogP contribution in [0.1, 0.15) is 31.9 Å². The number of halogens is 3. The molecule has 0 aliphatic heterocycles. The third-order valence-corrected chi connectivity index (χ3v) is 2.44. The van der Waals surface area contributed by atoms with Gasteiger partial charge in [0.1, 0.15) is 11.6 Å². The van der Waals surface area contributed by atoms with Gasteiger partial charge >= 0.3 is 0 Å². The van der Waals surface area contributed by atoms with Crippen molar-refractivity contribution in [3.63, 3.8) is 0 Å². The average molecular weight is 266 g/mol. The molecule has 3 N–H and O–H groups in total. The van der Waals surface area contributed by atoms with E-state index < -0.39 is 23.8 Å². The highest BCUT2D eigenvalue weighted by Crippen LogP contribution is 2.22. The van der Waals surface area contributed by atoms with E-state index in [4.69, 9.17) is 5.73 Å². The normalized spacial score (nSPS) is 14.3. The maximum Gasteiger partial charge on any atom is 0.128 e. The molecule has 0 saturated carbocycles. The first kappa shape index (κ1) is 16.3. The monoisotopic (exact) mass is 265 g/mol. The highest BCUT2D eigenvalue weighted by molar-refractivity contribution is 5.85. The summed E-state index contributed by atoms with van der Waals surface area (Å²) < 4.78 is 26.3. The van der Waals surface area contributed by atoms with Crippen LogP contribution >= 0.6 is 12.4 Å². The van der Waals surface area contributed by atoms with Crippen LogP contribution in [0.4, 0.5) is 8.78 Å². The third-order valence-electron chi connectivity index (χ3n) is 2.44. The van der Waals surface area contributed by atoms with Gasteiger partial charge in [0.2, 0.25) is 0 Å². The number of hydrogen-bond acceptors (Lipinski definition) is 2. The van der Waals surface area contributed by atoms with Crippen LogP contribution in [0.2, 0.25) is 0 Å². The lowest BCUT2D eigenvalue weighted by Gasteiger charge is -2.21. The molecule has 17 heavy (non-hydrogen) atoms. The minimum atomic E-state index is -0.891. The third kappa shape index (κ3) is 4.58. The van der Waals surface area contributed by atoms with Gasteiger partial charge in [-0.2, -0.15) is 0 Å². The molecule has 0 amide bonds. The second-order valence-electron chi connectivity index (χ2n) is 4.39. The van der Waals surface area contributed by atoms with Crippen LogP contribution in [-0.2, 0) is 0 Å². The van der Waals surface area contributed by atoms with Crippen molar-refractivity contribution >= 4 is 12.4 Å². The van der Waals surface area contributed by atoms with E-state index in [-0.39, 0.29) is 23.9 Å². The van der Waals surface area contributed by atoms with Crippen LogP contribution in [0, 0.1) is 17.6 Å². The number of benzene rings is 1. The fourth-order valence-electron chi connectivity index (χ4n) is 1.61. The van der Waals surface area contributed by atoms with Gasteiger partial charge in [-0.05, 0) is 30.5 Å². The molecule has 0 spiro atoms. The standard InChI is InChI=1S/C12H17F2NO.ClH/c1-7(2)5-11(16)12(15)9-6-8(13)3-4-10(9)14;/h3-4,6-7,11-12,16H,5,15H2,1-2H3;1H/t11-,12+;/m0./s1. The summed E-state index contributed by atoms with van der Waals surface area (Å²) >= 11 is 0. The molecule has 98 valence electrons. The zero-order valence-electron chi connectivity index (χ0n) is 9.86. The zero-order chi connectivity index (χ0) is 12.3. The molecule has 2 atom stereocenters. The van der Waals surface area contributed by atoms with Crippen molar-refractivity contribution in [1.82, 2.24) is 0 Å². The summed E-state index contributed by atoms with van der Waals surface area (Å²) in [6, 6.07) is 2.19. The summed E-state index contributed by atoms with van der Waals surface area (Å²) in [5, 5.41) is 9.74. The molecule has 0 heterocycles. The Labute approximate surface area is 106 Å². The van der Waals surface area contributed by atoms with E-state index in [9.17, 15) is 13.9 Å². The highest BCUT2D eigenvalue weighted by atomic mass is 35.5. The first-order valence-corrected chi connectivity index (χ1v) is 5.30. The summed E-state index contributed by atoms with van der Waals surface area (Å²) in [6.45, 7) is 3.86. The van der Waals surface area contributed by atoms with E-state index in [1.165, 1.54) is 0 Å². The van der Waals surface area contributed by atoms with Crippen LogP contribution in [0.5, 0.6) is 0 Å². The van der Waals surface area contributed by atoms with E-state index in [0.29, 0.717) is 6.42 Å². The highest BCUT2D eigenvalue weighted by Gasteiger charge is 2.21. The Morgan fingerprint density at radius 2 is 1.88 bits per heavy atom. The van der Waals surface area contributed by atoms with Gasteiger partial charge in [0.15, 0.2) is 0 Å². The van der Waals surface area contributed by atoms with Crippen molar-refractivity contribution in [2.24, 2.45) is 11.7 Å². The van der Waals surface area contributed by atoms with E-state index in [1.807, 2.05) is 13.8 Å². The maximum absolute atomic E-state index is 13.4. The van der Waals surface area contributed by atoms with Crippen LogP contribution in [0.25, 0.3) is 0 Å². The van der Waals surface area contributed by atoms with Gasteiger partial charge in [0.05, 0.1) is 12.1 Å². The summed E-state index contributed by atoms with van der Waals surface area (Å²) in [5.74, 6) is -0.891. The Bertz CT molecular complexity index is 360. The Kier molecular flexibility index (Phi) is 6.60. The Morgan fingerprint density at radius 3 is 2.41 bits per heavy atom. The molecule has 0 saturated heterocycles. The quantitative estimate of drug-likeness (QED) is 0.879. The Balaban J connectivity index is 0.00000256. The van der Waals surface area contributed by atoms with Gasteiger partial charge in [0.25, 0.3) is 0 Å². The first-order chi connectivity index (χ1) is 7.41. The fraction of sp³-hybridized carbons (Fsp3) is 0.500. The molecule has 0 aromatic heterocycles. The van der Waals surface area contributed by atoms with Crippen molar-refractivity contribution in [3.8, 4) is 0 Å². The first-order valence-electron chi connectivity index (χ1n) is 5.30. The Morgan fingerprint density at radius 1 is 1.29 bits per heavy atom. The van der Waals surface area contributed by atoms with E-state index in [1.54, 1.807) is 0 Å². The lowest BCUT2D eigenvalue weighted by atomic mass is 9.95. The summed E-state index contributed by atoms with van der Waals surface area (Å²) in [7, 11) is 0. The van der Waals surface area contributed by atoms with Gasteiger partial charge in [-0.15, -0.1) is 12.4 Å². The van der Waals surface area contributed by atoms with Crippen LogP contribution < -0.4 is 5.73 Å². The number of rotatable bonds is 4. The van der Waals surface area contributed by atoms with E-state index in [2.05, 4.69) is 0 Å². The molecule has 1 aromatic rings. The second kappa shape index (κ2) is 6.89. The van der Waals surface area contributed by atoms with E-state index in [0.717, 1.165) is 18.2 Å². The van der Waals surface area contributed by atoms with Crippen molar-refractivity contribution in [2.75, 3.05) is 0 Å². The van der Waals surface area contributed by atoms with Crippen molar-refractivity contribution < 1.29 is 13.9 Å². The van der Waals surface area contributed by atoms with Gasteiger partial charge in [-0.3, -0.25) is 0 Å². The van der Waals surface area contributed by atoms with Gasteiger partial charge < -0.3 is 10.8 Å². The van der Waals surface area contributed by atoms with Crippen molar-refractivity contribution in [1.29, 1.82) is 0 Å². The van der Waals surface area contributed by atoms with Crippen LogP contribution in [0.15, 0.2) is 18.2 Å². The predicted octanol–water partition coefficient (Wildman–Crippen LogP) is 2.79. The van der Waals surface area contributed by atoms with E-state index >= 15 is 0 Å². The summed E-state index contributed by atoms with van der Waals surface area (Å²) in [4.78, 5) is 0. The molecule has 5 heteroatoms. The minimum absolute atomic E-state index is 0.